The van der Waals surface area contributed by atoms with E-state index in [1.807, 2.05) is 19.3 Å². The normalized spacial score (nSPS) is 20.6. The third-order valence-electron chi connectivity index (χ3n) is 6.79. The lowest BCUT2D eigenvalue weighted by Gasteiger charge is -2.37. The molecule has 0 aromatic rings. The lowest BCUT2D eigenvalue weighted by molar-refractivity contribution is -0.0298. The summed E-state index contributed by atoms with van der Waals surface area (Å²) in [5, 5.41) is 0. The zero-order chi connectivity index (χ0) is 32.3. The molecule has 6 unspecified atom stereocenters. The van der Waals surface area contributed by atoms with Gasteiger partial charge < -0.3 is 19.6 Å². The molecule has 6 atom stereocenters. The van der Waals surface area contributed by atoms with Crippen LogP contribution in [0.2, 0.25) is 0 Å². The molecule has 0 radical (unpaired) electrons. The van der Waals surface area contributed by atoms with Crippen molar-refractivity contribution in [2.75, 3.05) is 19.8 Å². The average Bonchev–Trinajstić information content (AvgIpc) is 2.82. The maximum atomic E-state index is 13.1. The molecule has 15 nitrogen and oxygen atoms in total. The number of phosphoric ester groups is 3. The van der Waals surface area contributed by atoms with Gasteiger partial charge in [-0.1, -0.05) is 33.3 Å². The van der Waals surface area contributed by atoms with Gasteiger partial charge in [-0.3, -0.25) is 22.6 Å². The fraction of sp³-hybridized carbons (Fsp3) is 1.00. The first-order valence-electron chi connectivity index (χ1n) is 13.0. The second-order valence-electron chi connectivity index (χ2n) is 11.2. The van der Waals surface area contributed by atoms with Crippen LogP contribution in [0.3, 0.4) is 0 Å². The highest BCUT2D eigenvalue weighted by atomic mass is 31.2. The molecule has 0 aliphatic carbocycles. The van der Waals surface area contributed by atoms with Crippen LogP contribution in [0, 0.1) is 11.8 Å². The fourth-order valence-electron chi connectivity index (χ4n) is 3.61. The maximum absolute atomic E-state index is 13.1. The molecule has 7 N–H and O–H groups in total. The summed E-state index contributed by atoms with van der Waals surface area (Å²) in [4.78, 5) is 38.6. The minimum atomic E-state index is -4.95. The lowest BCUT2D eigenvalue weighted by Crippen LogP contribution is -2.55. The molecule has 248 valence electrons. The molecule has 0 heterocycles. The Morgan fingerprint density at radius 3 is 1.83 bits per heavy atom. The summed E-state index contributed by atoms with van der Waals surface area (Å²) in [5.74, 6) is -0.281. The van der Waals surface area contributed by atoms with Gasteiger partial charge in [-0.2, -0.15) is 5.54 Å². The molecule has 0 aliphatic heterocycles. The van der Waals surface area contributed by atoms with Gasteiger partial charge in [-0.25, -0.2) is 19.1 Å². The fourth-order valence-corrected chi connectivity index (χ4v) is 6.32. The zero-order valence-electron chi connectivity index (χ0n) is 24.8. The van der Waals surface area contributed by atoms with Crippen molar-refractivity contribution in [1.29, 1.82) is 0 Å². The SMILES string of the molecule is CCC(C)(CCOP(=O)(O)OC(C)(CC)C(COP(=O)(O)O)NNF)OP(=O)(O)OCC(CC(C)(C)NF)C(C)C. The number of hydrogen-bond acceptors (Lipinski definition) is 11. The van der Waals surface area contributed by atoms with Crippen LogP contribution in [-0.4, -0.2) is 62.2 Å². The second-order valence-corrected chi connectivity index (χ2v) is 15.2. The van der Waals surface area contributed by atoms with Gasteiger partial charge in [0.1, 0.15) is 0 Å². The highest BCUT2D eigenvalue weighted by molar-refractivity contribution is 7.47. The zero-order valence-corrected chi connectivity index (χ0v) is 27.5. The second kappa shape index (κ2) is 17.0. The van der Waals surface area contributed by atoms with E-state index in [-0.39, 0.29) is 37.7 Å². The van der Waals surface area contributed by atoms with E-state index in [9.17, 15) is 32.4 Å². The van der Waals surface area contributed by atoms with E-state index in [4.69, 9.17) is 27.9 Å². The van der Waals surface area contributed by atoms with Crippen LogP contribution in [-0.2, 0) is 36.3 Å². The van der Waals surface area contributed by atoms with Crippen molar-refractivity contribution < 1.29 is 64.9 Å². The monoisotopic (exact) mass is 665 g/mol. The molecule has 0 saturated carbocycles. The van der Waals surface area contributed by atoms with Gasteiger partial charge in [0.05, 0.1) is 37.1 Å². The van der Waals surface area contributed by atoms with Gasteiger partial charge in [0.25, 0.3) is 0 Å². The van der Waals surface area contributed by atoms with Crippen LogP contribution in [0.25, 0.3) is 0 Å². The average molecular weight is 666 g/mol. The largest absolute Gasteiger partial charge is 0.472 e. The summed E-state index contributed by atoms with van der Waals surface area (Å²) in [6.45, 7) is 11.4. The molecule has 0 aromatic heterocycles. The molecule has 0 rings (SSSR count). The van der Waals surface area contributed by atoms with Gasteiger partial charge >= 0.3 is 23.5 Å². The lowest BCUT2D eigenvalue weighted by atomic mass is 9.85. The van der Waals surface area contributed by atoms with E-state index >= 15 is 0 Å². The minimum absolute atomic E-state index is 0.0000709. The van der Waals surface area contributed by atoms with Gasteiger partial charge in [-0.05, 0) is 58.8 Å². The van der Waals surface area contributed by atoms with Crippen LogP contribution in [0.5, 0.6) is 0 Å². The molecule has 0 aliphatic rings. The quantitative estimate of drug-likeness (QED) is 0.0459. The summed E-state index contributed by atoms with van der Waals surface area (Å²) in [6.07, 6.45) is 0.274. The van der Waals surface area contributed by atoms with Crippen LogP contribution < -0.4 is 16.6 Å². The summed E-state index contributed by atoms with van der Waals surface area (Å²) in [5.41, 5.74) is 0.853. The molecule has 0 fully saturated rings. The standard InChI is InChI=1S/C21H48F2N3O12P3/c1-9-20(7,37-41(32,33)36-14-17(16(3)4)13-19(5,6)25-22)11-12-34-40(30,31)38-21(8,10-2)18(24-26-23)15-35-39(27,28)29/h16-18,24-26H,9-15H2,1-8H3,(H,30,31)(H,32,33)(H2,27,28,29). The number of halogens is 2. The number of hydrazine groups is 1. The van der Waals surface area contributed by atoms with Gasteiger partial charge in [0.15, 0.2) is 0 Å². The highest BCUT2D eigenvalue weighted by Crippen LogP contribution is 2.52. The number of nitrogens with one attached hydrogen (secondary N) is 3. The van der Waals surface area contributed by atoms with E-state index in [2.05, 4.69) is 4.52 Å². The smallest absolute Gasteiger partial charge is 0.303 e. The van der Waals surface area contributed by atoms with Crippen LogP contribution >= 0.6 is 23.5 Å². The van der Waals surface area contributed by atoms with E-state index in [1.54, 1.807) is 26.3 Å². The summed E-state index contributed by atoms with van der Waals surface area (Å²) >= 11 is 0. The molecular weight excluding hydrogens is 617 g/mol. The van der Waals surface area contributed by atoms with Crippen LogP contribution in [0.4, 0.5) is 8.96 Å². The Morgan fingerprint density at radius 2 is 1.39 bits per heavy atom. The maximum Gasteiger partial charge on any atom is 0.472 e. The molecule has 0 amide bonds. The Bertz CT molecular complexity index is 931. The summed E-state index contributed by atoms with van der Waals surface area (Å²) in [7, 11) is -14.4. The van der Waals surface area contributed by atoms with E-state index in [1.165, 1.54) is 20.8 Å². The van der Waals surface area contributed by atoms with E-state index < -0.39 is 59.5 Å². The molecule has 20 heteroatoms. The molecule has 0 aromatic carbocycles. The van der Waals surface area contributed by atoms with Crippen LogP contribution in [0.15, 0.2) is 0 Å². The number of phosphoric acid groups is 3. The molecule has 0 spiro atoms. The van der Waals surface area contributed by atoms with Gasteiger partial charge in [-0.15, -0.1) is 8.96 Å². The Balaban J connectivity index is 5.32. The first-order chi connectivity index (χ1) is 18.5. The molecule has 0 bridgehead atoms. The van der Waals surface area contributed by atoms with Crippen molar-refractivity contribution in [1.82, 2.24) is 16.6 Å². The van der Waals surface area contributed by atoms with Crippen molar-refractivity contribution in [3.05, 3.63) is 0 Å². The van der Waals surface area contributed by atoms with Crippen molar-refractivity contribution in [2.24, 2.45) is 11.8 Å². The van der Waals surface area contributed by atoms with Crippen molar-refractivity contribution in [3.63, 3.8) is 0 Å². The van der Waals surface area contributed by atoms with Gasteiger partial charge in [0, 0.05) is 12.0 Å². The molecule has 0 saturated heterocycles. The van der Waals surface area contributed by atoms with Crippen molar-refractivity contribution in [2.45, 2.75) is 104 Å². The Labute approximate surface area is 240 Å². The predicted molar refractivity (Wildman–Crippen MR) is 146 cm³/mol. The third kappa shape index (κ3) is 16.6. The van der Waals surface area contributed by atoms with Crippen molar-refractivity contribution >= 4 is 23.5 Å². The first-order valence-corrected chi connectivity index (χ1v) is 17.6. The Kier molecular flexibility index (Phi) is 17.0. The topological polar surface area (TPSA) is 214 Å². The van der Waals surface area contributed by atoms with E-state index in [0.717, 1.165) is 5.65 Å². The highest BCUT2D eigenvalue weighted by Gasteiger charge is 2.43. The number of hydrogen-bond donors (Lipinski definition) is 7. The number of rotatable bonds is 23. The third-order valence-corrected chi connectivity index (χ3v) is 9.58. The summed E-state index contributed by atoms with van der Waals surface area (Å²) in [6, 6.07) is -1.36. The predicted octanol–water partition coefficient (Wildman–Crippen LogP) is 4.35. The van der Waals surface area contributed by atoms with E-state index in [0.29, 0.717) is 6.42 Å². The summed E-state index contributed by atoms with van der Waals surface area (Å²) < 4.78 is 87.6. The van der Waals surface area contributed by atoms with Gasteiger partial charge in [0.2, 0.25) is 0 Å². The first kappa shape index (κ1) is 41.1. The van der Waals surface area contributed by atoms with Crippen LogP contribution in [0.1, 0.15) is 81.1 Å². The Hall–Kier alpha value is 0.0700. The molecule has 41 heavy (non-hydrogen) atoms. The van der Waals surface area contributed by atoms with Crippen molar-refractivity contribution in [3.8, 4) is 0 Å². The molecular formula is C21H48F2N3O12P3. The minimum Gasteiger partial charge on any atom is -0.303 e. The Morgan fingerprint density at radius 1 is 0.829 bits per heavy atom.